The van der Waals surface area contributed by atoms with E-state index in [1.54, 1.807) is 0 Å². The van der Waals surface area contributed by atoms with E-state index in [1.165, 1.54) is 71.6 Å². The summed E-state index contributed by atoms with van der Waals surface area (Å²) in [4.78, 5) is 2.36. The number of hydrogen-bond acceptors (Lipinski definition) is 2. The first kappa shape index (κ1) is 33.7. The van der Waals surface area contributed by atoms with Gasteiger partial charge in [0.2, 0.25) is 0 Å². The van der Waals surface area contributed by atoms with Crippen LogP contribution in [0.5, 0.6) is 0 Å². The molecule has 12 rings (SSSR count). The Bertz CT molecular complexity index is 3230. The van der Waals surface area contributed by atoms with Gasteiger partial charge < -0.3 is 9.32 Å². The van der Waals surface area contributed by atoms with Crippen LogP contribution in [0.15, 0.2) is 211 Å². The van der Waals surface area contributed by atoms with Gasteiger partial charge in [-0.2, -0.15) is 0 Å². The van der Waals surface area contributed by atoms with Crippen LogP contribution in [0.25, 0.3) is 60.8 Å². The van der Waals surface area contributed by atoms with Crippen LogP contribution in [0.3, 0.4) is 0 Å². The van der Waals surface area contributed by atoms with Gasteiger partial charge in [-0.05, 0) is 127 Å². The minimum atomic E-state index is -0.494. The van der Waals surface area contributed by atoms with E-state index in [2.05, 4.69) is 217 Å². The number of rotatable bonds is 6. The van der Waals surface area contributed by atoms with E-state index < -0.39 is 5.41 Å². The third-order valence-electron chi connectivity index (χ3n) is 12.7. The zero-order chi connectivity index (χ0) is 38.9. The number of aryl methyl sites for hydroxylation is 1. The molecule has 2 aliphatic carbocycles. The first-order chi connectivity index (χ1) is 29.3. The van der Waals surface area contributed by atoms with Crippen molar-refractivity contribution in [3.05, 3.63) is 240 Å². The average molecular weight is 754 g/mol. The maximum atomic E-state index is 6.30. The third kappa shape index (κ3) is 5.13. The van der Waals surface area contributed by atoms with Crippen molar-refractivity contribution in [2.45, 2.75) is 18.3 Å². The number of benzene rings is 9. The number of hydrogen-bond donors (Lipinski definition) is 0. The van der Waals surface area contributed by atoms with Gasteiger partial charge in [-0.25, -0.2) is 0 Å². The lowest BCUT2D eigenvalue weighted by atomic mass is 9.66. The SMILES string of the molecule is C1=Cc2c(oc3ccc(N(c4ccccc4)c4ccc5cc(-c6cc7ccccc7c7c6-c6ccccc6C7(c6ccccc6)c6ccccc6)ccc5c4)cc23)CC1. The Morgan fingerprint density at radius 3 is 1.95 bits per heavy atom. The molecule has 0 unspecified atom stereocenters. The van der Waals surface area contributed by atoms with Crippen LogP contribution in [0.1, 0.15) is 40.0 Å². The fraction of sp³-hybridized carbons (Fsp3) is 0.0526. The van der Waals surface area contributed by atoms with E-state index in [-0.39, 0.29) is 0 Å². The lowest BCUT2D eigenvalue weighted by Crippen LogP contribution is -2.28. The van der Waals surface area contributed by atoms with Crippen LogP contribution in [0.4, 0.5) is 17.1 Å². The summed E-state index contributed by atoms with van der Waals surface area (Å²) in [5.74, 6) is 1.08. The molecule has 0 saturated heterocycles. The summed E-state index contributed by atoms with van der Waals surface area (Å²) >= 11 is 0. The fourth-order valence-corrected chi connectivity index (χ4v) is 10.2. The number of furan rings is 1. The third-order valence-corrected chi connectivity index (χ3v) is 12.7. The summed E-state index contributed by atoms with van der Waals surface area (Å²) in [7, 11) is 0. The van der Waals surface area contributed by atoms with Crippen LogP contribution >= 0.6 is 0 Å². The molecule has 0 spiro atoms. The normalized spacial score (nSPS) is 13.7. The van der Waals surface area contributed by atoms with E-state index >= 15 is 0 Å². The smallest absolute Gasteiger partial charge is 0.135 e. The van der Waals surface area contributed by atoms with Crippen molar-refractivity contribution in [2.75, 3.05) is 4.90 Å². The lowest BCUT2D eigenvalue weighted by Gasteiger charge is -2.35. The molecule has 0 aliphatic heterocycles. The molecule has 2 heteroatoms. The van der Waals surface area contributed by atoms with Gasteiger partial charge in [0, 0.05) is 34.4 Å². The molecule has 2 nitrogen and oxygen atoms in total. The van der Waals surface area contributed by atoms with Gasteiger partial charge in [0.15, 0.2) is 0 Å². The molecule has 0 saturated carbocycles. The van der Waals surface area contributed by atoms with Crippen molar-refractivity contribution in [2.24, 2.45) is 0 Å². The molecule has 10 aromatic rings. The zero-order valence-corrected chi connectivity index (χ0v) is 32.5. The van der Waals surface area contributed by atoms with Gasteiger partial charge in [0.05, 0.1) is 5.41 Å². The van der Waals surface area contributed by atoms with Crippen LogP contribution in [-0.4, -0.2) is 0 Å². The molecular weight excluding hydrogens is 715 g/mol. The van der Waals surface area contributed by atoms with Gasteiger partial charge in [0.25, 0.3) is 0 Å². The molecule has 59 heavy (non-hydrogen) atoms. The largest absolute Gasteiger partial charge is 0.460 e. The molecule has 0 amide bonds. The Hall–Kier alpha value is -7.42. The molecule has 1 aromatic heterocycles. The molecule has 1 heterocycles. The van der Waals surface area contributed by atoms with Gasteiger partial charge in [0.1, 0.15) is 11.3 Å². The van der Waals surface area contributed by atoms with Crippen molar-refractivity contribution in [3.8, 4) is 22.3 Å². The molecule has 0 fully saturated rings. The number of anilines is 3. The summed E-state index contributed by atoms with van der Waals surface area (Å²) in [6, 6.07) is 73.9. The van der Waals surface area contributed by atoms with E-state index in [0.29, 0.717) is 0 Å². The van der Waals surface area contributed by atoms with E-state index in [4.69, 9.17) is 4.42 Å². The predicted octanol–water partition coefficient (Wildman–Crippen LogP) is 15.2. The van der Waals surface area contributed by atoms with Crippen molar-refractivity contribution in [1.29, 1.82) is 0 Å². The van der Waals surface area contributed by atoms with Gasteiger partial charge >= 0.3 is 0 Å². The summed E-state index contributed by atoms with van der Waals surface area (Å²) in [6.07, 6.45) is 6.44. The standard InChI is InChI=1S/C57H39NO/c1-4-17-42(18-5-1)57(43-19-6-2-7-20-43)52-26-14-12-25-49(52)55-50(36-40-16-10-11-23-47(40)56(55)57)41-29-28-39-35-45(31-30-38(39)34-41)58(44-21-8-3-9-22-44)46-32-33-54-51(37-46)48-24-13-15-27-53(48)59-54/h1-14,16-26,28-37H,15,27H2. The Balaban J connectivity index is 1.05. The highest BCUT2D eigenvalue weighted by molar-refractivity contribution is 6.07. The van der Waals surface area contributed by atoms with Crippen LogP contribution < -0.4 is 4.90 Å². The predicted molar refractivity (Wildman–Crippen MR) is 246 cm³/mol. The summed E-state index contributed by atoms with van der Waals surface area (Å²) in [5.41, 5.74) is 15.3. The first-order valence-electron chi connectivity index (χ1n) is 20.6. The van der Waals surface area contributed by atoms with Gasteiger partial charge in [-0.15, -0.1) is 0 Å². The van der Waals surface area contributed by atoms with Gasteiger partial charge in [-0.1, -0.05) is 158 Å². The molecule has 2 aliphatic rings. The number of allylic oxidation sites excluding steroid dienone is 1. The Morgan fingerprint density at radius 1 is 0.475 bits per heavy atom. The van der Waals surface area contributed by atoms with Gasteiger partial charge in [-0.3, -0.25) is 0 Å². The quantitative estimate of drug-likeness (QED) is 0.168. The van der Waals surface area contributed by atoms with E-state index in [0.717, 1.165) is 46.6 Å². The molecular formula is C57H39NO. The molecule has 0 N–H and O–H groups in total. The monoisotopic (exact) mass is 753 g/mol. The minimum Gasteiger partial charge on any atom is -0.460 e. The highest BCUT2D eigenvalue weighted by Gasteiger charge is 2.48. The first-order valence-corrected chi connectivity index (χ1v) is 20.6. The topological polar surface area (TPSA) is 16.4 Å². The summed E-state index contributed by atoms with van der Waals surface area (Å²) in [6.45, 7) is 0. The van der Waals surface area contributed by atoms with Crippen LogP contribution in [0, 0.1) is 0 Å². The molecule has 9 aromatic carbocycles. The molecule has 0 radical (unpaired) electrons. The van der Waals surface area contributed by atoms with Crippen molar-refractivity contribution in [1.82, 2.24) is 0 Å². The number of nitrogens with zero attached hydrogens (tertiary/aromatic N) is 1. The van der Waals surface area contributed by atoms with E-state index in [1.807, 2.05) is 0 Å². The van der Waals surface area contributed by atoms with Crippen LogP contribution in [0.2, 0.25) is 0 Å². The minimum absolute atomic E-state index is 0.494. The maximum absolute atomic E-state index is 6.30. The highest BCUT2D eigenvalue weighted by atomic mass is 16.3. The fourth-order valence-electron chi connectivity index (χ4n) is 10.2. The lowest BCUT2D eigenvalue weighted by molar-refractivity contribution is 0.546. The summed E-state index contributed by atoms with van der Waals surface area (Å²) in [5, 5.41) is 6.08. The van der Waals surface area contributed by atoms with Crippen molar-refractivity contribution in [3.63, 3.8) is 0 Å². The second-order valence-electron chi connectivity index (χ2n) is 15.9. The average Bonchev–Trinajstić information content (AvgIpc) is 3.84. The molecule has 278 valence electrons. The Morgan fingerprint density at radius 2 is 1.14 bits per heavy atom. The molecule has 0 bridgehead atoms. The molecule has 0 atom stereocenters. The van der Waals surface area contributed by atoms with E-state index in [9.17, 15) is 0 Å². The van der Waals surface area contributed by atoms with Crippen molar-refractivity contribution < 1.29 is 4.42 Å². The Kier molecular flexibility index (Phi) is 7.61. The van der Waals surface area contributed by atoms with Crippen molar-refractivity contribution >= 4 is 55.7 Å². The highest BCUT2D eigenvalue weighted by Crippen LogP contribution is 2.60. The summed E-state index contributed by atoms with van der Waals surface area (Å²) < 4.78 is 6.30. The second kappa shape index (κ2) is 13.3. The second-order valence-corrected chi connectivity index (χ2v) is 15.9. The Labute approximate surface area is 343 Å². The maximum Gasteiger partial charge on any atom is 0.135 e. The number of para-hydroxylation sites is 1. The number of fused-ring (bicyclic) bond motifs is 9. The van der Waals surface area contributed by atoms with Crippen LogP contribution in [-0.2, 0) is 11.8 Å². The zero-order valence-electron chi connectivity index (χ0n) is 32.5.